The molecule has 2 saturated heterocycles. The van der Waals surface area contributed by atoms with E-state index in [1.165, 1.54) is 6.07 Å². The van der Waals surface area contributed by atoms with Crippen molar-refractivity contribution in [1.82, 2.24) is 14.8 Å². The summed E-state index contributed by atoms with van der Waals surface area (Å²) >= 11 is 0. The van der Waals surface area contributed by atoms with Crippen LogP contribution in [0, 0.1) is 5.92 Å². The van der Waals surface area contributed by atoms with Gasteiger partial charge in [-0.05, 0) is 44.2 Å². The quantitative estimate of drug-likeness (QED) is 0.784. The van der Waals surface area contributed by atoms with Gasteiger partial charge in [-0.25, -0.2) is 4.98 Å². The summed E-state index contributed by atoms with van der Waals surface area (Å²) in [6.45, 7) is 8.72. The number of carbonyl (C=O) groups is 1. The van der Waals surface area contributed by atoms with Gasteiger partial charge >= 0.3 is 6.18 Å². The molecule has 28 heavy (non-hydrogen) atoms. The molecule has 2 aliphatic heterocycles. The average molecular weight is 398 g/mol. The molecular weight excluding hydrogens is 369 g/mol. The number of hydrogen-bond donors (Lipinski definition) is 0. The van der Waals surface area contributed by atoms with E-state index in [-0.39, 0.29) is 11.9 Å². The Bertz CT molecular complexity index is 656. The van der Waals surface area contributed by atoms with Crippen molar-refractivity contribution in [2.45, 2.75) is 45.3 Å². The summed E-state index contributed by atoms with van der Waals surface area (Å²) in [4.78, 5) is 23.0. The first-order valence-corrected chi connectivity index (χ1v) is 10.1. The number of anilines is 1. The summed E-state index contributed by atoms with van der Waals surface area (Å²) in [7, 11) is 0. The first-order valence-electron chi connectivity index (χ1n) is 10.1. The third kappa shape index (κ3) is 4.96. The van der Waals surface area contributed by atoms with Gasteiger partial charge in [0, 0.05) is 45.5 Å². The zero-order valence-corrected chi connectivity index (χ0v) is 16.6. The number of pyridine rings is 1. The Kier molecular flexibility index (Phi) is 6.47. The monoisotopic (exact) mass is 398 g/mol. The molecule has 0 N–H and O–H groups in total. The van der Waals surface area contributed by atoms with Crippen LogP contribution in [-0.2, 0) is 11.0 Å². The van der Waals surface area contributed by atoms with Crippen molar-refractivity contribution in [3.63, 3.8) is 0 Å². The van der Waals surface area contributed by atoms with Crippen molar-refractivity contribution < 1.29 is 18.0 Å². The molecule has 0 bridgehead atoms. The lowest BCUT2D eigenvalue weighted by Gasteiger charge is -2.35. The molecule has 3 rings (SSSR count). The van der Waals surface area contributed by atoms with Crippen LogP contribution in [0.2, 0.25) is 0 Å². The van der Waals surface area contributed by atoms with Gasteiger partial charge in [-0.1, -0.05) is 6.92 Å². The van der Waals surface area contributed by atoms with Gasteiger partial charge in [-0.15, -0.1) is 0 Å². The average Bonchev–Trinajstić information content (AvgIpc) is 2.93. The zero-order valence-electron chi connectivity index (χ0n) is 16.6. The number of nitrogens with zero attached hydrogens (tertiary/aromatic N) is 4. The van der Waals surface area contributed by atoms with E-state index in [1.54, 1.807) is 0 Å². The summed E-state index contributed by atoms with van der Waals surface area (Å²) in [5.74, 6) is 1.43. The maximum atomic E-state index is 12.9. The summed E-state index contributed by atoms with van der Waals surface area (Å²) in [5, 5.41) is 0. The minimum atomic E-state index is -4.37. The SMILES string of the molecule is CC1CCN(C(=O)C(C)N2CCCN(c3ccc(C(F)(F)F)cn3)CC2)CC1. The number of hydrogen-bond acceptors (Lipinski definition) is 4. The van der Waals surface area contributed by atoms with Crippen molar-refractivity contribution >= 4 is 11.7 Å². The molecule has 5 nitrogen and oxygen atoms in total. The fourth-order valence-corrected chi connectivity index (χ4v) is 3.94. The molecule has 1 amide bonds. The Morgan fingerprint density at radius 2 is 1.82 bits per heavy atom. The number of carbonyl (C=O) groups excluding carboxylic acids is 1. The number of aromatic nitrogens is 1. The zero-order chi connectivity index (χ0) is 20.3. The van der Waals surface area contributed by atoms with Gasteiger partial charge < -0.3 is 9.80 Å². The van der Waals surface area contributed by atoms with Gasteiger partial charge in [0.1, 0.15) is 5.82 Å². The number of alkyl halides is 3. The van der Waals surface area contributed by atoms with Crippen LogP contribution < -0.4 is 4.90 Å². The van der Waals surface area contributed by atoms with Crippen LogP contribution in [0.5, 0.6) is 0 Å². The maximum Gasteiger partial charge on any atom is 0.417 e. The van der Waals surface area contributed by atoms with Gasteiger partial charge in [0.2, 0.25) is 5.91 Å². The van der Waals surface area contributed by atoms with E-state index < -0.39 is 11.7 Å². The molecule has 2 fully saturated rings. The highest BCUT2D eigenvalue weighted by atomic mass is 19.4. The fraction of sp³-hybridized carbons (Fsp3) is 0.700. The summed E-state index contributed by atoms with van der Waals surface area (Å²) < 4.78 is 38.2. The molecule has 1 aromatic heterocycles. The van der Waals surface area contributed by atoms with Gasteiger partial charge in [0.05, 0.1) is 11.6 Å². The van der Waals surface area contributed by atoms with Crippen LogP contribution >= 0.6 is 0 Å². The fourth-order valence-electron chi connectivity index (χ4n) is 3.94. The summed E-state index contributed by atoms with van der Waals surface area (Å²) in [6, 6.07) is 2.34. The normalized spacial score (nSPS) is 21.5. The molecule has 8 heteroatoms. The van der Waals surface area contributed by atoms with E-state index in [1.807, 2.05) is 16.7 Å². The number of rotatable bonds is 3. The van der Waals surface area contributed by atoms with Gasteiger partial charge in [0.25, 0.3) is 0 Å². The van der Waals surface area contributed by atoms with Crippen LogP contribution in [0.1, 0.15) is 38.7 Å². The summed E-state index contributed by atoms with van der Waals surface area (Å²) in [5.41, 5.74) is -0.734. The predicted octanol–water partition coefficient (Wildman–Crippen LogP) is 3.26. The smallest absolute Gasteiger partial charge is 0.355 e. The number of amides is 1. The van der Waals surface area contributed by atoms with Gasteiger partial charge in [-0.3, -0.25) is 9.69 Å². The Morgan fingerprint density at radius 1 is 1.11 bits per heavy atom. The van der Waals surface area contributed by atoms with E-state index in [9.17, 15) is 18.0 Å². The molecule has 3 heterocycles. The molecule has 0 aromatic carbocycles. The highest BCUT2D eigenvalue weighted by Gasteiger charge is 2.32. The highest BCUT2D eigenvalue weighted by molar-refractivity contribution is 5.81. The molecule has 156 valence electrons. The molecule has 2 aliphatic rings. The van der Waals surface area contributed by atoms with E-state index in [0.717, 1.165) is 57.7 Å². The minimum absolute atomic E-state index is 0.172. The van der Waals surface area contributed by atoms with Crippen molar-refractivity contribution in [3.05, 3.63) is 23.9 Å². The largest absolute Gasteiger partial charge is 0.417 e. The van der Waals surface area contributed by atoms with Crippen molar-refractivity contribution in [2.24, 2.45) is 5.92 Å². The van der Waals surface area contributed by atoms with Crippen LogP contribution in [0.15, 0.2) is 18.3 Å². The Labute approximate surface area is 164 Å². The summed E-state index contributed by atoms with van der Waals surface area (Å²) in [6.07, 6.45) is -0.514. The lowest BCUT2D eigenvalue weighted by molar-refractivity contribution is -0.138. The maximum absolute atomic E-state index is 12.9. The predicted molar refractivity (Wildman–Crippen MR) is 102 cm³/mol. The molecule has 1 aromatic rings. The third-order valence-corrected chi connectivity index (χ3v) is 5.93. The Hall–Kier alpha value is -1.83. The van der Waals surface area contributed by atoms with Crippen molar-refractivity contribution in [2.75, 3.05) is 44.2 Å². The van der Waals surface area contributed by atoms with Crippen molar-refractivity contribution in [3.8, 4) is 0 Å². The second kappa shape index (κ2) is 8.68. The number of halogens is 3. The molecule has 1 unspecified atom stereocenters. The molecule has 0 aliphatic carbocycles. The Balaban J connectivity index is 1.57. The lowest BCUT2D eigenvalue weighted by atomic mass is 9.98. The number of piperidine rings is 1. The van der Waals surface area contributed by atoms with E-state index in [4.69, 9.17) is 0 Å². The van der Waals surface area contributed by atoms with Gasteiger partial charge in [-0.2, -0.15) is 13.2 Å². The van der Waals surface area contributed by atoms with Crippen LogP contribution in [-0.4, -0.2) is 66.0 Å². The van der Waals surface area contributed by atoms with Gasteiger partial charge in [0.15, 0.2) is 0 Å². The Morgan fingerprint density at radius 3 is 2.43 bits per heavy atom. The van der Waals surface area contributed by atoms with E-state index in [2.05, 4.69) is 16.8 Å². The second-order valence-electron chi connectivity index (χ2n) is 7.96. The van der Waals surface area contributed by atoms with Crippen LogP contribution in [0.25, 0.3) is 0 Å². The van der Waals surface area contributed by atoms with Crippen molar-refractivity contribution in [1.29, 1.82) is 0 Å². The molecular formula is C20H29F3N4O. The first kappa shape index (κ1) is 20.9. The van der Waals surface area contributed by atoms with Crippen LogP contribution in [0.4, 0.5) is 19.0 Å². The molecule has 0 saturated carbocycles. The number of likely N-dealkylation sites (tertiary alicyclic amines) is 1. The lowest BCUT2D eigenvalue weighted by Crippen LogP contribution is -2.50. The molecule has 0 radical (unpaired) electrons. The van der Waals surface area contributed by atoms with E-state index in [0.29, 0.717) is 24.8 Å². The topological polar surface area (TPSA) is 39.7 Å². The molecule has 1 atom stereocenters. The minimum Gasteiger partial charge on any atom is -0.355 e. The standard InChI is InChI=1S/C20H29F3N4O/c1-15-6-10-27(11-7-15)19(28)16(2)25-8-3-9-26(13-12-25)18-5-4-17(14-24-18)20(21,22)23/h4-5,14-16H,3,6-13H2,1-2H3. The first-order chi connectivity index (χ1) is 13.3. The van der Waals surface area contributed by atoms with Crippen LogP contribution in [0.3, 0.4) is 0 Å². The third-order valence-electron chi connectivity index (χ3n) is 5.93. The second-order valence-corrected chi connectivity index (χ2v) is 7.96. The highest BCUT2D eigenvalue weighted by Crippen LogP contribution is 2.29. The molecule has 0 spiro atoms. The van der Waals surface area contributed by atoms with E-state index >= 15 is 0 Å².